The zero-order valence-corrected chi connectivity index (χ0v) is 16.4. The van der Waals surface area contributed by atoms with Gasteiger partial charge in [-0.05, 0) is 27.7 Å². The summed E-state index contributed by atoms with van der Waals surface area (Å²) in [5.74, 6) is 0.593. The molecular weight excluding hydrogens is 350 g/mol. The van der Waals surface area contributed by atoms with E-state index < -0.39 is 0 Å². The molecule has 1 heterocycles. The first-order valence-electron chi connectivity index (χ1n) is 8.58. The summed E-state index contributed by atoms with van der Waals surface area (Å²) in [5, 5.41) is 10.3. The fraction of sp³-hybridized carbons (Fsp3) is 0.444. The Morgan fingerprint density at radius 1 is 1.27 bits per heavy atom. The standard InChI is InChI=1S/C18H25N5O2S/c1-5-23(10-15(24)19-12(2)3)16(25)11-26-18-20-17(21-22-18)14-8-6-13(4)7-9-14/h6-9,12H,5,10-11H2,1-4H3,(H,19,24)(H,20,21,22). The second-order valence-corrected chi connectivity index (χ2v) is 7.19. The van der Waals surface area contributed by atoms with Gasteiger partial charge in [0, 0.05) is 18.2 Å². The number of thioether (sulfide) groups is 1. The van der Waals surface area contributed by atoms with E-state index >= 15 is 0 Å². The SMILES string of the molecule is CCN(CC(=O)NC(C)C)C(=O)CSc1n[nH]c(-c2ccc(C)cc2)n1. The van der Waals surface area contributed by atoms with Crippen LogP contribution < -0.4 is 5.32 Å². The van der Waals surface area contributed by atoms with Gasteiger partial charge in [0.05, 0.1) is 12.3 Å². The number of likely N-dealkylation sites (N-methyl/N-ethyl adjacent to an activating group) is 1. The number of H-pyrrole nitrogens is 1. The molecule has 0 radical (unpaired) electrons. The van der Waals surface area contributed by atoms with Crippen molar-refractivity contribution in [2.24, 2.45) is 0 Å². The van der Waals surface area contributed by atoms with Gasteiger partial charge in [0.2, 0.25) is 17.0 Å². The average Bonchev–Trinajstić information content (AvgIpc) is 3.06. The topological polar surface area (TPSA) is 91.0 Å². The van der Waals surface area contributed by atoms with Crippen molar-refractivity contribution in [1.29, 1.82) is 0 Å². The molecule has 0 fully saturated rings. The maximum atomic E-state index is 12.3. The number of nitrogens with zero attached hydrogens (tertiary/aromatic N) is 3. The van der Waals surface area contributed by atoms with Gasteiger partial charge in [0.1, 0.15) is 0 Å². The molecule has 0 aliphatic rings. The van der Waals surface area contributed by atoms with Gasteiger partial charge in [-0.15, -0.1) is 5.10 Å². The highest BCUT2D eigenvalue weighted by molar-refractivity contribution is 7.99. The Balaban J connectivity index is 1.90. The minimum Gasteiger partial charge on any atom is -0.352 e. The van der Waals surface area contributed by atoms with Crippen molar-refractivity contribution in [1.82, 2.24) is 25.4 Å². The van der Waals surface area contributed by atoms with Crippen molar-refractivity contribution >= 4 is 23.6 Å². The zero-order valence-electron chi connectivity index (χ0n) is 15.6. The molecular formula is C18H25N5O2S. The summed E-state index contributed by atoms with van der Waals surface area (Å²) in [4.78, 5) is 30.1. The summed E-state index contributed by atoms with van der Waals surface area (Å²) >= 11 is 1.26. The number of aromatic amines is 1. The van der Waals surface area contributed by atoms with Crippen LogP contribution in [0.1, 0.15) is 26.3 Å². The molecule has 2 rings (SSSR count). The Kier molecular flexibility index (Phi) is 7.20. The normalized spacial score (nSPS) is 10.8. The predicted octanol–water partition coefficient (Wildman–Crippen LogP) is 2.25. The first kappa shape index (κ1) is 20.0. The smallest absolute Gasteiger partial charge is 0.239 e. The van der Waals surface area contributed by atoms with E-state index in [-0.39, 0.29) is 30.2 Å². The van der Waals surface area contributed by atoms with Gasteiger partial charge in [-0.3, -0.25) is 14.7 Å². The lowest BCUT2D eigenvalue weighted by atomic mass is 10.1. The number of amides is 2. The maximum Gasteiger partial charge on any atom is 0.239 e. The Morgan fingerprint density at radius 2 is 1.96 bits per heavy atom. The Hall–Kier alpha value is -2.35. The number of nitrogens with one attached hydrogen (secondary N) is 2. The number of carbonyl (C=O) groups excluding carboxylic acids is 2. The van der Waals surface area contributed by atoms with E-state index in [4.69, 9.17) is 0 Å². The summed E-state index contributed by atoms with van der Waals surface area (Å²) in [7, 11) is 0. The van der Waals surface area contributed by atoms with Gasteiger partial charge in [-0.1, -0.05) is 41.6 Å². The number of aryl methyl sites for hydroxylation is 1. The van der Waals surface area contributed by atoms with E-state index in [0.29, 0.717) is 17.5 Å². The highest BCUT2D eigenvalue weighted by Crippen LogP contribution is 2.19. The van der Waals surface area contributed by atoms with Crippen molar-refractivity contribution in [2.75, 3.05) is 18.8 Å². The lowest BCUT2D eigenvalue weighted by Gasteiger charge is -2.20. The molecule has 8 heteroatoms. The van der Waals surface area contributed by atoms with Crippen LogP contribution in [0, 0.1) is 6.92 Å². The molecule has 0 saturated heterocycles. The van der Waals surface area contributed by atoms with Crippen molar-refractivity contribution in [3.63, 3.8) is 0 Å². The van der Waals surface area contributed by atoms with Gasteiger partial charge >= 0.3 is 0 Å². The van der Waals surface area contributed by atoms with Gasteiger partial charge in [0.25, 0.3) is 0 Å². The first-order valence-corrected chi connectivity index (χ1v) is 9.57. The third-order valence-electron chi connectivity index (χ3n) is 3.63. The van der Waals surface area contributed by atoms with Crippen molar-refractivity contribution in [3.05, 3.63) is 29.8 Å². The van der Waals surface area contributed by atoms with E-state index in [1.54, 1.807) is 0 Å². The highest BCUT2D eigenvalue weighted by Gasteiger charge is 2.17. The third-order valence-corrected chi connectivity index (χ3v) is 4.47. The van der Waals surface area contributed by atoms with E-state index in [1.807, 2.05) is 52.0 Å². The summed E-state index contributed by atoms with van der Waals surface area (Å²) in [6.45, 7) is 8.21. The Morgan fingerprint density at radius 3 is 2.58 bits per heavy atom. The maximum absolute atomic E-state index is 12.3. The average molecular weight is 375 g/mol. The van der Waals surface area contributed by atoms with E-state index in [9.17, 15) is 9.59 Å². The van der Waals surface area contributed by atoms with Crippen LogP contribution in [0.2, 0.25) is 0 Å². The van der Waals surface area contributed by atoms with Crippen LogP contribution in [0.15, 0.2) is 29.4 Å². The van der Waals surface area contributed by atoms with Crippen molar-refractivity contribution < 1.29 is 9.59 Å². The minimum atomic E-state index is -0.153. The number of carbonyl (C=O) groups is 2. The monoisotopic (exact) mass is 375 g/mol. The van der Waals surface area contributed by atoms with Crippen molar-refractivity contribution in [3.8, 4) is 11.4 Å². The molecule has 0 aliphatic carbocycles. The molecule has 0 unspecified atom stereocenters. The molecule has 26 heavy (non-hydrogen) atoms. The molecule has 0 aliphatic heterocycles. The molecule has 7 nitrogen and oxygen atoms in total. The number of rotatable bonds is 8. The number of aromatic nitrogens is 3. The highest BCUT2D eigenvalue weighted by atomic mass is 32.2. The molecule has 2 aromatic rings. The van der Waals surface area contributed by atoms with Crippen LogP contribution in [0.25, 0.3) is 11.4 Å². The second kappa shape index (κ2) is 9.38. The van der Waals surface area contributed by atoms with Crippen LogP contribution >= 0.6 is 11.8 Å². The van der Waals surface area contributed by atoms with Crippen LogP contribution in [-0.4, -0.2) is 56.8 Å². The van der Waals surface area contributed by atoms with Crippen LogP contribution in [0.5, 0.6) is 0 Å². The first-order chi connectivity index (χ1) is 12.4. The quantitative estimate of drug-likeness (QED) is 0.691. The summed E-state index contributed by atoms with van der Waals surface area (Å²) in [6.07, 6.45) is 0. The largest absolute Gasteiger partial charge is 0.352 e. The van der Waals surface area contributed by atoms with E-state index in [2.05, 4.69) is 20.5 Å². The number of hydrogen-bond acceptors (Lipinski definition) is 5. The van der Waals surface area contributed by atoms with Crippen LogP contribution in [0.3, 0.4) is 0 Å². The number of benzene rings is 1. The van der Waals surface area contributed by atoms with Gasteiger partial charge in [-0.25, -0.2) is 4.98 Å². The second-order valence-electron chi connectivity index (χ2n) is 6.25. The molecule has 0 saturated carbocycles. The van der Waals surface area contributed by atoms with Gasteiger partial charge in [0.15, 0.2) is 5.82 Å². The number of hydrogen-bond donors (Lipinski definition) is 2. The molecule has 0 spiro atoms. The molecule has 1 aromatic heterocycles. The molecule has 2 N–H and O–H groups in total. The summed E-state index contributed by atoms with van der Waals surface area (Å²) in [6, 6.07) is 8.02. The third kappa shape index (κ3) is 5.87. The fourth-order valence-corrected chi connectivity index (χ4v) is 2.99. The molecule has 140 valence electrons. The summed E-state index contributed by atoms with van der Waals surface area (Å²) < 4.78 is 0. The lowest BCUT2D eigenvalue weighted by Crippen LogP contribution is -2.43. The minimum absolute atomic E-state index is 0.0548. The predicted molar refractivity (Wildman–Crippen MR) is 103 cm³/mol. The van der Waals surface area contributed by atoms with Crippen molar-refractivity contribution in [2.45, 2.75) is 38.9 Å². The lowest BCUT2D eigenvalue weighted by molar-refractivity contribution is -0.134. The van der Waals surface area contributed by atoms with Crippen LogP contribution in [-0.2, 0) is 9.59 Å². The fourth-order valence-electron chi connectivity index (χ4n) is 2.29. The zero-order chi connectivity index (χ0) is 19.1. The molecule has 0 bridgehead atoms. The Bertz CT molecular complexity index is 742. The molecule has 1 aromatic carbocycles. The van der Waals surface area contributed by atoms with Gasteiger partial charge in [-0.2, -0.15) is 0 Å². The van der Waals surface area contributed by atoms with E-state index in [0.717, 1.165) is 5.56 Å². The van der Waals surface area contributed by atoms with E-state index in [1.165, 1.54) is 22.2 Å². The van der Waals surface area contributed by atoms with Crippen LogP contribution in [0.4, 0.5) is 0 Å². The summed E-state index contributed by atoms with van der Waals surface area (Å²) in [5.41, 5.74) is 2.12. The molecule has 2 amide bonds. The van der Waals surface area contributed by atoms with Gasteiger partial charge < -0.3 is 10.2 Å². The molecule has 0 atom stereocenters. The Labute approximate surface area is 158 Å².